The molecule has 0 spiro atoms. The summed E-state index contributed by atoms with van der Waals surface area (Å²) in [6.07, 6.45) is 0. The summed E-state index contributed by atoms with van der Waals surface area (Å²) in [5.74, 6) is -0.0395. The Morgan fingerprint density at radius 3 is 3.00 bits per heavy atom. The van der Waals surface area contributed by atoms with Crippen molar-refractivity contribution in [2.24, 2.45) is 7.05 Å². The van der Waals surface area contributed by atoms with Crippen LogP contribution >= 0.6 is 0 Å². The van der Waals surface area contributed by atoms with Gasteiger partial charge in [0.1, 0.15) is 0 Å². The quantitative estimate of drug-likeness (QED) is 0.719. The predicted molar refractivity (Wildman–Crippen MR) is 77.3 cm³/mol. The van der Waals surface area contributed by atoms with E-state index in [9.17, 15) is 4.79 Å². The number of carbonyl (C=O) groups is 1. The Bertz CT molecular complexity index is 580. The van der Waals surface area contributed by atoms with E-state index >= 15 is 0 Å². The third-order valence-electron chi connectivity index (χ3n) is 3.04. The molecular weight excluding hydrogens is 256 g/mol. The van der Waals surface area contributed by atoms with Crippen molar-refractivity contribution in [3.8, 4) is 0 Å². The van der Waals surface area contributed by atoms with Gasteiger partial charge in [-0.3, -0.25) is 9.48 Å². The van der Waals surface area contributed by atoms with Crippen molar-refractivity contribution < 1.29 is 9.53 Å². The van der Waals surface area contributed by atoms with Gasteiger partial charge in [0, 0.05) is 32.6 Å². The van der Waals surface area contributed by atoms with E-state index in [1.54, 1.807) is 7.11 Å². The summed E-state index contributed by atoms with van der Waals surface area (Å²) < 4.78 is 6.72. The monoisotopic (exact) mass is 276 g/mol. The normalized spacial score (nSPS) is 10.9. The van der Waals surface area contributed by atoms with E-state index in [4.69, 9.17) is 4.74 Å². The first-order chi connectivity index (χ1) is 9.72. The highest BCUT2D eigenvalue weighted by molar-refractivity contribution is 5.82. The van der Waals surface area contributed by atoms with Crippen LogP contribution < -0.4 is 10.6 Å². The van der Waals surface area contributed by atoms with E-state index < -0.39 is 0 Å². The fraction of sp³-hybridized carbons (Fsp3) is 0.429. The minimum atomic E-state index is -0.0395. The maximum Gasteiger partial charge on any atom is 0.234 e. The van der Waals surface area contributed by atoms with E-state index in [0.717, 1.165) is 16.6 Å². The van der Waals surface area contributed by atoms with Crippen molar-refractivity contribution in [3.05, 3.63) is 30.0 Å². The molecule has 1 heterocycles. The Balaban J connectivity index is 1.86. The fourth-order valence-electron chi connectivity index (χ4n) is 2.07. The smallest absolute Gasteiger partial charge is 0.234 e. The van der Waals surface area contributed by atoms with Crippen LogP contribution in [0, 0.1) is 0 Å². The van der Waals surface area contributed by atoms with Crippen LogP contribution in [-0.4, -0.2) is 42.5 Å². The van der Waals surface area contributed by atoms with Crippen LogP contribution in [0.3, 0.4) is 0 Å². The molecule has 0 aliphatic rings. The molecule has 6 heteroatoms. The number of fused-ring (bicyclic) bond motifs is 1. The Labute approximate surface area is 118 Å². The Hall–Kier alpha value is -1.92. The lowest BCUT2D eigenvalue weighted by Gasteiger charge is -2.05. The summed E-state index contributed by atoms with van der Waals surface area (Å²) in [5, 5.41) is 11.4. The van der Waals surface area contributed by atoms with Crippen molar-refractivity contribution in [1.29, 1.82) is 0 Å². The topological polar surface area (TPSA) is 68.2 Å². The van der Waals surface area contributed by atoms with Gasteiger partial charge in [0.25, 0.3) is 0 Å². The van der Waals surface area contributed by atoms with Gasteiger partial charge in [-0.25, -0.2) is 0 Å². The first kappa shape index (κ1) is 14.5. The molecular formula is C14H20N4O2. The Kier molecular flexibility index (Phi) is 5.09. The summed E-state index contributed by atoms with van der Waals surface area (Å²) in [4.78, 5) is 11.5. The molecule has 0 atom stereocenters. The van der Waals surface area contributed by atoms with Crippen molar-refractivity contribution in [3.63, 3.8) is 0 Å². The second-order valence-corrected chi connectivity index (χ2v) is 4.53. The molecule has 1 aromatic heterocycles. The number of rotatable bonds is 7. The van der Waals surface area contributed by atoms with Crippen LogP contribution in [0.2, 0.25) is 0 Å². The molecule has 0 aliphatic carbocycles. The summed E-state index contributed by atoms with van der Waals surface area (Å²) >= 11 is 0. The fourth-order valence-corrected chi connectivity index (χ4v) is 2.07. The van der Waals surface area contributed by atoms with E-state index in [-0.39, 0.29) is 12.5 Å². The van der Waals surface area contributed by atoms with Crippen LogP contribution in [-0.2, 0) is 23.1 Å². The van der Waals surface area contributed by atoms with Crippen molar-refractivity contribution >= 4 is 16.8 Å². The van der Waals surface area contributed by atoms with Crippen LogP contribution in [0.5, 0.6) is 0 Å². The number of methoxy groups -OCH3 is 1. The minimum Gasteiger partial charge on any atom is -0.383 e. The van der Waals surface area contributed by atoms with Crippen LogP contribution in [0.4, 0.5) is 0 Å². The van der Waals surface area contributed by atoms with E-state index in [0.29, 0.717) is 19.7 Å². The number of aryl methyl sites for hydroxylation is 1. The van der Waals surface area contributed by atoms with Gasteiger partial charge in [-0.15, -0.1) is 0 Å². The third-order valence-corrected chi connectivity index (χ3v) is 3.04. The van der Waals surface area contributed by atoms with Gasteiger partial charge in [-0.05, 0) is 6.07 Å². The molecule has 20 heavy (non-hydrogen) atoms. The van der Waals surface area contributed by atoms with E-state index in [1.807, 2.05) is 36.0 Å². The molecule has 0 fully saturated rings. The molecule has 0 unspecified atom stereocenters. The molecule has 108 valence electrons. The SMILES string of the molecule is COCCNC(=O)CNCc1nn(C)c2ccccc12. The largest absolute Gasteiger partial charge is 0.383 e. The molecule has 1 amide bonds. The maximum atomic E-state index is 11.5. The summed E-state index contributed by atoms with van der Waals surface area (Å²) in [6, 6.07) is 8.05. The number of hydrogen-bond acceptors (Lipinski definition) is 4. The number of ether oxygens (including phenoxy) is 1. The summed E-state index contributed by atoms with van der Waals surface area (Å²) in [5.41, 5.74) is 2.04. The minimum absolute atomic E-state index is 0.0395. The molecule has 0 saturated carbocycles. The molecule has 0 radical (unpaired) electrons. The highest BCUT2D eigenvalue weighted by Gasteiger charge is 2.08. The molecule has 2 N–H and O–H groups in total. The van der Waals surface area contributed by atoms with Gasteiger partial charge in [-0.2, -0.15) is 5.10 Å². The van der Waals surface area contributed by atoms with Crippen molar-refractivity contribution in [1.82, 2.24) is 20.4 Å². The summed E-state index contributed by atoms with van der Waals surface area (Å²) in [6.45, 7) is 1.90. The number of amides is 1. The molecule has 0 saturated heterocycles. The number of hydrogen-bond donors (Lipinski definition) is 2. The average molecular weight is 276 g/mol. The van der Waals surface area contributed by atoms with Gasteiger partial charge < -0.3 is 15.4 Å². The number of nitrogens with one attached hydrogen (secondary N) is 2. The van der Waals surface area contributed by atoms with Crippen LogP contribution in [0.1, 0.15) is 5.69 Å². The molecule has 1 aromatic carbocycles. The number of para-hydroxylation sites is 1. The van der Waals surface area contributed by atoms with Gasteiger partial charge in [0.15, 0.2) is 0 Å². The first-order valence-corrected chi connectivity index (χ1v) is 6.59. The molecule has 0 aliphatic heterocycles. The van der Waals surface area contributed by atoms with E-state index in [2.05, 4.69) is 15.7 Å². The Morgan fingerprint density at radius 2 is 2.20 bits per heavy atom. The second-order valence-electron chi connectivity index (χ2n) is 4.53. The zero-order valence-corrected chi connectivity index (χ0v) is 11.8. The van der Waals surface area contributed by atoms with Crippen molar-refractivity contribution in [2.45, 2.75) is 6.54 Å². The molecule has 2 aromatic rings. The third kappa shape index (κ3) is 3.55. The first-order valence-electron chi connectivity index (χ1n) is 6.59. The van der Waals surface area contributed by atoms with Gasteiger partial charge in [0.2, 0.25) is 5.91 Å². The highest BCUT2D eigenvalue weighted by Crippen LogP contribution is 2.16. The second kappa shape index (κ2) is 7.02. The maximum absolute atomic E-state index is 11.5. The lowest BCUT2D eigenvalue weighted by Crippen LogP contribution is -2.35. The lowest BCUT2D eigenvalue weighted by atomic mass is 10.2. The average Bonchev–Trinajstić information content (AvgIpc) is 2.77. The standard InChI is InChI=1S/C14H20N4O2/c1-18-13-6-4-3-5-11(13)12(17-18)9-15-10-14(19)16-7-8-20-2/h3-6,15H,7-10H2,1-2H3,(H,16,19). The summed E-state index contributed by atoms with van der Waals surface area (Å²) in [7, 11) is 3.53. The number of nitrogens with zero attached hydrogens (tertiary/aromatic N) is 2. The van der Waals surface area contributed by atoms with Gasteiger partial charge in [0.05, 0.1) is 24.4 Å². The number of carbonyl (C=O) groups excluding carboxylic acids is 1. The zero-order valence-electron chi connectivity index (χ0n) is 11.8. The van der Waals surface area contributed by atoms with Gasteiger partial charge in [-0.1, -0.05) is 18.2 Å². The molecule has 2 rings (SSSR count). The van der Waals surface area contributed by atoms with Crippen molar-refractivity contribution in [2.75, 3.05) is 26.8 Å². The van der Waals surface area contributed by atoms with Crippen LogP contribution in [0.15, 0.2) is 24.3 Å². The van der Waals surface area contributed by atoms with Crippen LogP contribution in [0.25, 0.3) is 10.9 Å². The number of benzene rings is 1. The number of aromatic nitrogens is 2. The molecule has 6 nitrogen and oxygen atoms in total. The van der Waals surface area contributed by atoms with E-state index in [1.165, 1.54) is 0 Å². The molecule has 0 bridgehead atoms. The lowest BCUT2D eigenvalue weighted by molar-refractivity contribution is -0.120. The predicted octanol–water partition coefficient (Wildman–Crippen LogP) is 0.426. The zero-order chi connectivity index (χ0) is 14.4. The highest BCUT2D eigenvalue weighted by atomic mass is 16.5. The van der Waals surface area contributed by atoms with Gasteiger partial charge >= 0.3 is 0 Å². The Morgan fingerprint density at radius 1 is 1.40 bits per heavy atom.